The van der Waals surface area contributed by atoms with E-state index in [1.54, 1.807) is 18.2 Å². The number of guanidine groups is 1. The fourth-order valence-corrected chi connectivity index (χ4v) is 2.58. The molecule has 4 N–H and O–H groups in total. The van der Waals surface area contributed by atoms with E-state index in [-0.39, 0.29) is 41.5 Å². The van der Waals surface area contributed by atoms with Crippen molar-refractivity contribution in [2.24, 2.45) is 4.99 Å². The summed E-state index contributed by atoms with van der Waals surface area (Å²) in [6.07, 6.45) is 1.38. The van der Waals surface area contributed by atoms with Crippen LogP contribution in [0.1, 0.15) is 29.3 Å². The van der Waals surface area contributed by atoms with Crippen LogP contribution < -0.4 is 16.0 Å². The number of nitrogens with one attached hydrogen (secondary N) is 3. The third-order valence-corrected chi connectivity index (χ3v) is 3.94. The van der Waals surface area contributed by atoms with E-state index in [0.29, 0.717) is 44.0 Å². The van der Waals surface area contributed by atoms with Crippen LogP contribution in [0.5, 0.6) is 5.75 Å². The lowest BCUT2D eigenvalue weighted by Crippen LogP contribution is -2.38. The van der Waals surface area contributed by atoms with E-state index < -0.39 is 0 Å². The van der Waals surface area contributed by atoms with E-state index in [1.807, 2.05) is 13.0 Å². The van der Waals surface area contributed by atoms with Gasteiger partial charge in [-0.2, -0.15) is 0 Å². The highest BCUT2D eigenvalue weighted by molar-refractivity contribution is 14.0. The maximum atomic E-state index is 13.2. The van der Waals surface area contributed by atoms with Gasteiger partial charge >= 0.3 is 0 Å². The molecule has 2 rings (SSSR count). The second-order valence-electron chi connectivity index (χ2n) is 6.23. The van der Waals surface area contributed by atoms with Gasteiger partial charge in [0, 0.05) is 31.7 Å². The number of carbonyl (C=O) groups excluding carboxylic acids is 1. The van der Waals surface area contributed by atoms with Crippen molar-refractivity contribution in [3.63, 3.8) is 0 Å². The Labute approximate surface area is 188 Å². The highest BCUT2D eigenvalue weighted by atomic mass is 127. The molecule has 29 heavy (non-hydrogen) atoms. The number of benzene rings is 2. The van der Waals surface area contributed by atoms with Gasteiger partial charge < -0.3 is 21.1 Å². The molecule has 2 aromatic carbocycles. The Balaban J connectivity index is 0.00000420. The van der Waals surface area contributed by atoms with Crippen molar-refractivity contribution in [3.8, 4) is 5.75 Å². The second-order valence-corrected chi connectivity index (χ2v) is 6.23. The smallest absolute Gasteiger partial charge is 0.251 e. The van der Waals surface area contributed by atoms with Gasteiger partial charge in [0.25, 0.3) is 5.91 Å². The minimum Gasteiger partial charge on any atom is -0.508 e. The predicted molar refractivity (Wildman–Crippen MR) is 125 cm³/mol. The summed E-state index contributed by atoms with van der Waals surface area (Å²) in [5.41, 5.74) is 1.36. The van der Waals surface area contributed by atoms with Crippen molar-refractivity contribution in [1.29, 1.82) is 0 Å². The molecule has 0 saturated carbocycles. The average molecular weight is 514 g/mol. The number of phenols is 1. The fourth-order valence-electron chi connectivity index (χ4n) is 2.58. The number of aliphatic imine (C=N–C) groups is 1. The minimum atomic E-state index is -0.231. The van der Waals surface area contributed by atoms with Crippen molar-refractivity contribution in [3.05, 3.63) is 65.5 Å². The monoisotopic (exact) mass is 514 g/mol. The average Bonchev–Trinajstić information content (AvgIpc) is 2.67. The zero-order valence-electron chi connectivity index (χ0n) is 16.5. The molecule has 0 unspecified atom stereocenters. The van der Waals surface area contributed by atoms with Gasteiger partial charge in [0.15, 0.2) is 5.96 Å². The molecule has 0 bridgehead atoms. The standard InChI is InChI=1S/C21H27FN4O2.HI/c1-2-23-21(26-13-10-16-6-3-8-18(22)14-16)25-12-5-11-24-20(28)17-7-4-9-19(27)15-17;/h3-4,6-9,14-15,27H,2,5,10-13H2,1H3,(H,24,28)(H2,23,25,26);1H. The van der Waals surface area contributed by atoms with Crippen LogP contribution in [0.15, 0.2) is 53.5 Å². The third-order valence-electron chi connectivity index (χ3n) is 3.94. The number of aromatic hydroxyl groups is 1. The molecule has 0 fully saturated rings. The summed E-state index contributed by atoms with van der Waals surface area (Å²) in [5.74, 6) is 0.306. The summed E-state index contributed by atoms with van der Waals surface area (Å²) >= 11 is 0. The van der Waals surface area contributed by atoms with Crippen molar-refractivity contribution in [1.82, 2.24) is 16.0 Å². The fraction of sp³-hybridized carbons (Fsp3) is 0.333. The first-order valence-electron chi connectivity index (χ1n) is 9.42. The van der Waals surface area contributed by atoms with E-state index >= 15 is 0 Å². The molecule has 0 aromatic heterocycles. The first kappa shape index (κ1) is 24.7. The van der Waals surface area contributed by atoms with E-state index in [9.17, 15) is 14.3 Å². The summed E-state index contributed by atoms with van der Waals surface area (Å²) < 4.78 is 13.2. The van der Waals surface area contributed by atoms with Gasteiger partial charge in [-0.3, -0.25) is 9.79 Å². The molecule has 0 radical (unpaired) electrons. The second kappa shape index (κ2) is 13.8. The molecule has 1 amide bonds. The molecular weight excluding hydrogens is 486 g/mol. The van der Waals surface area contributed by atoms with E-state index in [4.69, 9.17) is 0 Å². The number of nitrogens with zero attached hydrogens (tertiary/aromatic N) is 1. The molecule has 0 aliphatic heterocycles. The zero-order valence-corrected chi connectivity index (χ0v) is 18.8. The number of amides is 1. The van der Waals surface area contributed by atoms with Gasteiger partial charge in [0.1, 0.15) is 11.6 Å². The number of carbonyl (C=O) groups is 1. The quantitative estimate of drug-likeness (QED) is 0.179. The van der Waals surface area contributed by atoms with Crippen LogP contribution in [0.4, 0.5) is 4.39 Å². The van der Waals surface area contributed by atoms with Crippen molar-refractivity contribution < 1.29 is 14.3 Å². The first-order chi connectivity index (χ1) is 13.6. The van der Waals surface area contributed by atoms with Crippen LogP contribution in [0.3, 0.4) is 0 Å². The largest absolute Gasteiger partial charge is 0.508 e. The SMILES string of the molecule is CCNC(=NCCCNC(=O)c1cccc(O)c1)NCCc1cccc(F)c1.I. The minimum absolute atomic E-state index is 0. The first-order valence-corrected chi connectivity index (χ1v) is 9.42. The van der Waals surface area contributed by atoms with Gasteiger partial charge in [-0.25, -0.2) is 4.39 Å². The van der Waals surface area contributed by atoms with Crippen molar-refractivity contribution in [2.75, 3.05) is 26.2 Å². The Hall–Kier alpha value is -2.36. The zero-order chi connectivity index (χ0) is 20.2. The van der Waals surface area contributed by atoms with Gasteiger partial charge in [0.05, 0.1) is 0 Å². The van der Waals surface area contributed by atoms with Gasteiger partial charge in [-0.1, -0.05) is 18.2 Å². The van der Waals surface area contributed by atoms with Crippen LogP contribution >= 0.6 is 24.0 Å². The van der Waals surface area contributed by atoms with E-state index in [0.717, 1.165) is 12.1 Å². The summed E-state index contributed by atoms with van der Waals surface area (Å²) in [7, 11) is 0. The van der Waals surface area contributed by atoms with Crippen LogP contribution in [0, 0.1) is 5.82 Å². The molecule has 0 saturated heterocycles. The lowest BCUT2D eigenvalue weighted by Gasteiger charge is -2.11. The highest BCUT2D eigenvalue weighted by Crippen LogP contribution is 2.10. The van der Waals surface area contributed by atoms with Gasteiger partial charge in [-0.15, -0.1) is 24.0 Å². The Bertz CT molecular complexity index is 802. The van der Waals surface area contributed by atoms with Gasteiger partial charge in [0.2, 0.25) is 0 Å². The van der Waals surface area contributed by atoms with Crippen LogP contribution in [0.2, 0.25) is 0 Å². The Morgan fingerprint density at radius 1 is 1.07 bits per heavy atom. The lowest BCUT2D eigenvalue weighted by atomic mass is 10.1. The lowest BCUT2D eigenvalue weighted by molar-refractivity contribution is 0.0953. The molecule has 158 valence electrons. The molecule has 6 nitrogen and oxygen atoms in total. The van der Waals surface area contributed by atoms with Crippen LogP contribution in [0.25, 0.3) is 0 Å². The van der Waals surface area contributed by atoms with Gasteiger partial charge in [-0.05, 0) is 55.7 Å². The number of halogens is 2. The molecular formula is C21H28FIN4O2. The topological polar surface area (TPSA) is 85.8 Å². The number of hydrogen-bond donors (Lipinski definition) is 4. The Morgan fingerprint density at radius 2 is 1.86 bits per heavy atom. The van der Waals surface area contributed by atoms with E-state index in [2.05, 4.69) is 20.9 Å². The molecule has 2 aromatic rings. The molecule has 0 atom stereocenters. The third kappa shape index (κ3) is 9.60. The number of hydrogen-bond acceptors (Lipinski definition) is 3. The normalized spacial score (nSPS) is 10.8. The molecule has 0 spiro atoms. The molecule has 0 heterocycles. The van der Waals surface area contributed by atoms with E-state index in [1.165, 1.54) is 24.3 Å². The summed E-state index contributed by atoms with van der Waals surface area (Å²) in [6, 6.07) is 12.8. The highest BCUT2D eigenvalue weighted by Gasteiger charge is 2.05. The molecule has 0 aliphatic rings. The maximum absolute atomic E-state index is 13.2. The van der Waals surface area contributed by atoms with Crippen molar-refractivity contribution in [2.45, 2.75) is 19.8 Å². The Kier molecular flexibility index (Phi) is 11.7. The Morgan fingerprint density at radius 3 is 2.59 bits per heavy atom. The number of rotatable bonds is 9. The summed E-state index contributed by atoms with van der Waals surface area (Å²) in [6.45, 7) is 4.40. The summed E-state index contributed by atoms with van der Waals surface area (Å²) in [5, 5.41) is 18.6. The van der Waals surface area contributed by atoms with Crippen LogP contribution in [-0.4, -0.2) is 43.2 Å². The predicted octanol–water partition coefficient (Wildman–Crippen LogP) is 3.07. The molecule has 0 aliphatic carbocycles. The summed E-state index contributed by atoms with van der Waals surface area (Å²) in [4.78, 5) is 16.5. The van der Waals surface area contributed by atoms with Crippen LogP contribution in [-0.2, 0) is 6.42 Å². The maximum Gasteiger partial charge on any atom is 0.251 e. The molecule has 8 heteroatoms. The van der Waals surface area contributed by atoms with Crippen molar-refractivity contribution >= 4 is 35.8 Å². The number of phenolic OH excluding ortho intramolecular Hbond substituents is 1.